The number of benzene rings is 3. The fraction of sp³-hybridized carbons (Fsp3) is 0.333. The molecule has 2 amide bonds. The highest BCUT2D eigenvalue weighted by atomic mass is 35.5. The van der Waals surface area contributed by atoms with Gasteiger partial charge in [0, 0.05) is 17.6 Å². The average molecular weight is 639 g/mol. The van der Waals surface area contributed by atoms with Crippen molar-refractivity contribution >= 4 is 62.3 Å². The van der Waals surface area contributed by atoms with E-state index < -0.39 is 28.5 Å². The van der Waals surface area contributed by atoms with Crippen LogP contribution in [0.15, 0.2) is 71.6 Å². The van der Waals surface area contributed by atoms with Gasteiger partial charge in [-0.05, 0) is 74.2 Å². The van der Waals surface area contributed by atoms with Crippen LogP contribution in [0.1, 0.15) is 44.7 Å². The molecule has 0 radical (unpaired) electrons. The Morgan fingerprint density at radius 2 is 1.56 bits per heavy atom. The van der Waals surface area contributed by atoms with Crippen molar-refractivity contribution in [3.63, 3.8) is 0 Å². The molecule has 0 aliphatic rings. The van der Waals surface area contributed by atoms with Crippen LogP contribution in [-0.4, -0.2) is 43.8 Å². The van der Waals surface area contributed by atoms with Crippen LogP contribution >= 0.6 is 34.8 Å². The first-order valence-corrected chi connectivity index (χ1v) is 15.8. The van der Waals surface area contributed by atoms with Gasteiger partial charge in [-0.3, -0.25) is 13.9 Å². The number of rotatable bonds is 12. The Hall–Kier alpha value is -2.78. The maximum Gasteiger partial charge on any atom is 0.264 e. The minimum atomic E-state index is -4.19. The number of halogens is 3. The van der Waals surface area contributed by atoms with Crippen LogP contribution in [-0.2, 0) is 26.2 Å². The van der Waals surface area contributed by atoms with Crippen LogP contribution in [0.2, 0.25) is 15.1 Å². The van der Waals surface area contributed by atoms with E-state index in [1.807, 2.05) is 13.8 Å². The standard InChI is InChI=1S/C30H34Cl3N3O4S/c1-5-20(3)34-30(38)27(6-2)35(18-22-15-16-25(32)26(33)17-22)29(37)19-36(28-14-10-13-24(31)21(28)4)41(39,40)23-11-8-7-9-12-23/h7-17,20,27H,5-6,18-19H2,1-4H3,(H,34,38)/t20-,27-/m0/s1. The molecule has 3 rings (SSSR count). The molecule has 0 aliphatic carbocycles. The van der Waals surface area contributed by atoms with Crippen molar-refractivity contribution in [2.75, 3.05) is 10.8 Å². The lowest BCUT2D eigenvalue weighted by Crippen LogP contribution is -2.53. The largest absolute Gasteiger partial charge is 0.352 e. The number of hydrogen-bond acceptors (Lipinski definition) is 4. The lowest BCUT2D eigenvalue weighted by molar-refractivity contribution is -0.140. The highest BCUT2D eigenvalue weighted by molar-refractivity contribution is 7.92. The third-order valence-corrected chi connectivity index (χ3v) is 9.76. The smallest absolute Gasteiger partial charge is 0.264 e. The molecule has 0 heterocycles. The molecule has 0 unspecified atom stereocenters. The van der Waals surface area contributed by atoms with Crippen molar-refractivity contribution in [3.8, 4) is 0 Å². The third kappa shape index (κ3) is 7.95. The lowest BCUT2D eigenvalue weighted by atomic mass is 10.1. The molecule has 7 nitrogen and oxygen atoms in total. The van der Waals surface area contributed by atoms with E-state index in [0.29, 0.717) is 39.0 Å². The zero-order valence-corrected chi connectivity index (χ0v) is 26.5. The fourth-order valence-electron chi connectivity index (χ4n) is 4.29. The van der Waals surface area contributed by atoms with E-state index >= 15 is 0 Å². The predicted molar refractivity (Wildman–Crippen MR) is 166 cm³/mol. The van der Waals surface area contributed by atoms with Crippen molar-refractivity contribution < 1.29 is 18.0 Å². The minimum Gasteiger partial charge on any atom is -0.352 e. The lowest BCUT2D eigenvalue weighted by Gasteiger charge is -2.34. The van der Waals surface area contributed by atoms with Gasteiger partial charge in [-0.1, -0.05) is 79.0 Å². The number of carbonyl (C=O) groups is 2. The van der Waals surface area contributed by atoms with E-state index in [1.165, 1.54) is 17.0 Å². The van der Waals surface area contributed by atoms with Crippen molar-refractivity contribution in [1.82, 2.24) is 10.2 Å². The van der Waals surface area contributed by atoms with Gasteiger partial charge in [0.05, 0.1) is 20.6 Å². The highest BCUT2D eigenvalue weighted by Gasteiger charge is 2.34. The summed E-state index contributed by atoms with van der Waals surface area (Å²) >= 11 is 18.7. The summed E-state index contributed by atoms with van der Waals surface area (Å²) in [6, 6.07) is 16.7. The van der Waals surface area contributed by atoms with Gasteiger partial charge in [-0.25, -0.2) is 8.42 Å². The zero-order valence-electron chi connectivity index (χ0n) is 23.4. The van der Waals surface area contributed by atoms with Crippen molar-refractivity contribution in [2.24, 2.45) is 0 Å². The summed E-state index contributed by atoms with van der Waals surface area (Å²) < 4.78 is 29.0. The number of nitrogens with zero attached hydrogens (tertiary/aromatic N) is 2. The maximum absolute atomic E-state index is 14.2. The topological polar surface area (TPSA) is 86.8 Å². The molecule has 41 heavy (non-hydrogen) atoms. The van der Waals surface area contributed by atoms with Crippen molar-refractivity contribution in [2.45, 2.75) is 64.1 Å². The van der Waals surface area contributed by atoms with Gasteiger partial charge in [-0.2, -0.15) is 0 Å². The van der Waals surface area contributed by atoms with Gasteiger partial charge < -0.3 is 10.2 Å². The number of amides is 2. The predicted octanol–water partition coefficient (Wildman–Crippen LogP) is 6.87. The second-order valence-corrected chi connectivity index (χ2v) is 12.8. The number of hydrogen-bond donors (Lipinski definition) is 1. The molecule has 0 fully saturated rings. The fourth-order valence-corrected chi connectivity index (χ4v) is 6.28. The first-order valence-electron chi connectivity index (χ1n) is 13.3. The number of anilines is 1. The number of sulfonamides is 1. The molecule has 2 atom stereocenters. The Morgan fingerprint density at radius 1 is 0.878 bits per heavy atom. The van der Waals surface area contributed by atoms with Crippen LogP contribution in [0.3, 0.4) is 0 Å². The SMILES string of the molecule is CC[C@H](C)NC(=O)[C@H](CC)N(Cc1ccc(Cl)c(Cl)c1)C(=O)CN(c1cccc(Cl)c1C)S(=O)(=O)c1ccccc1. The van der Waals surface area contributed by atoms with Gasteiger partial charge in [0.2, 0.25) is 11.8 Å². The van der Waals surface area contributed by atoms with Crippen LogP contribution in [0.4, 0.5) is 5.69 Å². The molecule has 220 valence electrons. The monoisotopic (exact) mass is 637 g/mol. The Morgan fingerprint density at radius 3 is 2.17 bits per heavy atom. The second kappa shape index (κ2) is 14.4. The summed E-state index contributed by atoms with van der Waals surface area (Å²) in [5.41, 5.74) is 1.40. The molecule has 0 bridgehead atoms. The Balaban J connectivity index is 2.11. The Labute approximate surface area is 257 Å². The van der Waals surface area contributed by atoms with E-state index in [4.69, 9.17) is 34.8 Å². The second-order valence-electron chi connectivity index (χ2n) is 9.72. The maximum atomic E-state index is 14.2. The molecule has 0 aliphatic heterocycles. The molecule has 0 aromatic heterocycles. The summed E-state index contributed by atoms with van der Waals surface area (Å²) in [5.74, 6) is -0.896. The first-order chi connectivity index (χ1) is 19.4. The van der Waals surface area contributed by atoms with Crippen LogP contribution < -0.4 is 9.62 Å². The summed E-state index contributed by atoms with van der Waals surface area (Å²) in [6.45, 7) is 6.77. The Kier molecular flexibility index (Phi) is 11.5. The summed E-state index contributed by atoms with van der Waals surface area (Å²) in [6.07, 6.45) is 1.01. The van der Waals surface area contributed by atoms with E-state index in [1.54, 1.807) is 68.4 Å². The number of nitrogens with one attached hydrogen (secondary N) is 1. The van der Waals surface area contributed by atoms with Gasteiger partial charge in [0.15, 0.2) is 0 Å². The number of carbonyl (C=O) groups excluding carboxylic acids is 2. The molecule has 1 N–H and O–H groups in total. The zero-order chi connectivity index (χ0) is 30.3. The molecule has 0 saturated carbocycles. The van der Waals surface area contributed by atoms with Crippen molar-refractivity contribution in [3.05, 3.63) is 92.9 Å². The molecule has 0 spiro atoms. The Bertz CT molecular complexity index is 1490. The summed E-state index contributed by atoms with van der Waals surface area (Å²) in [4.78, 5) is 28.9. The van der Waals surface area contributed by atoms with Gasteiger partial charge in [0.25, 0.3) is 10.0 Å². The molecule has 3 aromatic carbocycles. The molecule has 0 saturated heterocycles. The summed E-state index contributed by atoms with van der Waals surface area (Å²) in [7, 11) is -4.19. The van der Waals surface area contributed by atoms with Crippen molar-refractivity contribution in [1.29, 1.82) is 0 Å². The van der Waals surface area contributed by atoms with E-state index in [0.717, 1.165) is 4.31 Å². The molecular formula is C30H34Cl3N3O4S. The molecule has 3 aromatic rings. The molecular weight excluding hydrogens is 605 g/mol. The highest BCUT2D eigenvalue weighted by Crippen LogP contribution is 2.31. The third-order valence-electron chi connectivity index (χ3n) is 6.84. The van der Waals surface area contributed by atoms with Gasteiger partial charge in [-0.15, -0.1) is 0 Å². The van der Waals surface area contributed by atoms with Gasteiger partial charge >= 0.3 is 0 Å². The van der Waals surface area contributed by atoms with Gasteiger partial charge in [0.1, 0.15) is 12.6 Å². The average Bonchev–Trinajstić information content (AvgIpc) is 2.95. The van der Waals surface area contributed by atoms with E-state index in [-0.39, 0.29) is 29.1 Å². The van der Waals surface area contributed by atoms with Crippen LogP contribution in [0, 0.1) is 6.92 Å². The van der Waals surface area contributed by atoms with Crippen LogP contribution in [0.5, 0.6) is 0 Å². The first kappa shape index (κ1) is 32.7. The minimum absolute atomic E-state index is 0.00983. The van der Waals surface area contributed by atoms with Crippen LogP contribution in [0.25, 0.3) is 0 Å². The quantitative estimate of drug-likeness (QED) is 0.235. The summed E-state index contributed by atoms with van der Waals surface area (Å²) in [5, 5.41) is 3.96. The molecule has 11 heteroatoms. The van der Waals surface area contributed by atoms with E-state index in [9.17, 15) is 18.0 Å². The van der Waals surface area contributed by atoms with E-state index in [2.05, 4.69) is 5.32 Å². The normalized spacial score (nSPS) is 12.9.